The van der Waals surface area contributed by atoms with Crippen molar-refractivity contribution in [2.75, 3.05) is 23.7 Å². The first-order valence-corrected chi connectivity index (χ1v) is 19.7. The van der Waals surface area contributed by atoms with E-state index in [0.29, 0.717) is 13.0 Å². The van der Waals surface area contributed by atoms with Crippen LogP contribution in [0.25, 0.3) is 0 Å². The second-order valence-electron chi connectivity index (χ2n) is 13.0. The molecule has 0 amide bonds. The third-order valence-electron chi connectivity index (χ3n) is 9.31. The molecule has 2 aromatic rings. The molecule has 1 aliphatic carbocycles. The molecule has 0 spiro atoms. The molecule has 47 heavy (non-hydrogen) atoms. The highest BCUT2D eigenvalue weighted by Gasteiger charge is 2.45. The average Bonchev–Trinajstić information content (AvgIpc) is 3.46. The molecule has 0 bridgehead atoms. The van der Waals surface area contributed by atoms with Crippen molar-refractivity contribution < 1.29 is 30.5 Å². The summed E-state index contributed by atoms with van der Waals surface area (Å²) in [6.07, 6.45) is 15.0. The van der Waals surface area contributed by atoms with Gasteiger partial charge in [0.05, 0.1) is 16.1 Å². The summed E-state index contributed by atoms with van der Waals surface area (Å²) in [5.74, 6) is -0.333. The van der Waals surface area contributed by atoms with Crippen LogP contribution >= 0.6 is 11.6 Å². The lowest BCUT2D eigenvalue weighted by molar-refractivity contribution is -0.438. The van der Waals surface area contributed by atoms with Crippen LogP contribution in [0.2, 0.25) is 0 Å². The van der Waals surface area contributed by atoms with Crippen molar-refractivity contribution in [2.24, 2.45) is 0 Å². The van der Waals surface area contributed by atoms with Crippen LogP contribution in [-0.4, -0.2) is 55.1 Å². The van der Waals surface area contributed by atoms with Crippen molar-refractivity contribution in [1.82, 2.24) is 0 Å². The fourth-order valence-corrected chi connectivity index (χ4v) is 8.18. The van der Waals surface area contributed by atoms with Gasteiger partial charge in [-0.2, -0.15) is 21.4 Å². The molecule has 5 rings (SSSR count). The predicted molar refractivity (Wildman–Crippen MR) is 189 cm³/mol. The summed E-state index contributed by atoms with van der Waals surface area (Å²) >= 11 is 7.06. The Bertz CT molecular complexity index is 1920. The largest absolute Gasteiger partial charge is 0.345 e. The number of fused-ring (bicyclic) bond motifs is 2. The van der Waals surface area contributed by atoms with Gasteiger partial charge in [0, 0.05) is 53.5 Å². The molecular weight excluding hydrogens is 656 g/mol. The summed E-state index contributed by atoms with van der Waals surface area (Å²) in [5.41, 5.74) is 7.80. The van der Waals surface area contributed by atoms with Gasteiger partial charge in [-0.05, 0) is 86.9 Å². The molecule has 0 radical (unpaired) electrons. The number of unbranched alkanes of at least 4 members (excludes halogenated alkanes) is 2. The molecule has 0 aromatic heterocycles. The summed E-state index contributed by atoms with van der Waals surface area (Å²) in [6.45, 7) is 7.64. The summed E-state index contributed by atoms with van der Waals surface area (Å²) in [4.78, 5) is 2.24. The van der Waals surface area contributed by atoms with Gasteiger partial charge in [0.1, 0.15) is 6.54 Å². The van der Waals surface area contributed by atoms with E-state index in [-0.39, 0.29) is 17.1 Å². The number of benzene rings is 2. The molecule has 0 saturated heterocycles. The zero-order valence-electron chi connectivity index (χ0n) is 27.2. The zero-order chi connectivity index (χ0) is 34.0. The topological polar surface area (TPSA) is 115 Å². The van der Waals surface area contributed by atoms with Gasteiger partial charge in [0.25, 0.3) is 20.2 Å². The van der Waals surface area contributed by atoms with E-state index in [9.17, 15) is 25.9 Å². The van der Waals surface area contributed by atoms with E-state index in [2.05, 4.69) is 52.8 Å². The molecule has 2 aliphatic heterocycles. The number of rotatable bonds is 12. The number of nitrogens with zero attached hydrogens (tertiary/aromatic N) is 2. The first kappa shape index (κ1) is 35.3. The quantitative estimate of drug-likeness (QED) is 0.132. The molecule has 11 heteroatoms. The minimum atomic E-state index is -4.40. The molecule has 0 saturated carbocycles. The smallest absolute Gasteiger partial charge is 0.294 e. The van der Waals surface area contributed by atoms with E-state index in [4.69, 9.17) is 11.6 Å². The Labute approximate surface area is 284 Å². The van der Waals surface area contributed by atoms with Gasteiger partial charge in [0.2, 0.25) is 5.69 Å². The molecule has 2 N–H and O–H groups in total. The molecule has 0 fully saturated rings. The predicted octanol–water partition coefficient (Wildman–Crippen LogP) is 7.88. The number of hydrogen-bond donors (Lipinski definition) is 2. The normalized spacial score (nSPS) is 19.8. The maximum Gasteiger partial charge on any atom is 0.294 e. The van der Waals surface area contributed by atoms with Gasteiger partial charge < -0.3 is 4.90 Å². The maximum absolute atomic E-state index is 12.0. The van der Waals surface area contributed by atoms with Crippen LogP contribution in [0.4, 0.5) is 11.4 Å². The molecule has 2 aromatic carbocycles. The Morgan fingerprint density at radius 2 is 1.74 bits per heavy atom. The van der Waals surface area contributed by atoms with Crippen LogP contribution in [0, 0.1) is 0 Å². The number of hydrogen-bond acceptors (Lipinski definition) is 5. The first-order chi connectivity index (χ1) is 22.2. The van der Waals surface area contributed by atoms with Crippen LogP contribution in [0.15, 0.2) is 93.5 Å². The molecular formula is C36H44ClN2O6S2+. The third-order valence-corrected chi connectivity index (χ3v) is 11.4. The van der Waals surface area contributed by atoms with E-state index >= 15 is 0 Å². The minimum absolute atomic E-state index is 0.179. The summed E-state index contributed by atoms with van der Waals surface area (Å²) in [7, 11) is -8.48. The first-order valence-electron chi connectivity index (χ1n) is 16.2. The van der Waals surface area contributed by atoms with Crippen LogP contribution in [0.1, 0.15) is 76.8 Å². The van der Waals surface area contributed by atoms with Gasteiger partial charge in [-0.3, -0.25) is 9.11 Å². The highest BCUT2D eigenvalue weighted by Crippen LogP contribution is 2.42. The highest BCUT2D eigenvalue weighted by molar-refractivity contribution is 7.86. The van der Waals surface area contributed by atoms with E-state index in [1.54, 1.807) is 6.07 Å². The SMILES string of the molecule is CCCCN1/C(=C/C=C2\CCCC(/C=C/C3=[N+](CCCCS(=O)(=O)O)c4ccc(S(=O)(=O)O)cc4C3(C)C)=C2Cl)Cc2ccccc21. The second kappa shape index (κ2) is 14.2. The minimum Gasteiger partial charge on any atom is -0.345 e. The van der Waals surface area contributed by atoms with Gasteiger partial charge in [-0.1, -0.05) is 55.3 Å². The van der Waals surface area contributed by atoms with Gasteiger partial charge >= 0.3 is 0 Å². The van der Waals surface area contributed by atoms with Crippen molar-refractivity contribution in [3.8, 4) is 0 Å². The van der Waals surface area contributed by atoms with Gasteiger partial charge in [0.15, 0.2) is 5.71 Å². The van der Waals surface area contributed by atoms with E-state index < -0.39 is 25.7 Å². The highest BCUT2D eigenvalue weighted by atomic mass is 35.5. The number of anilines is 1. The number of para-hydroxylation sites is 1. The molecule has 3 aliphatic rings. The Morgan fingerprint density at radius 3 is 2.47 bits per heavy atom. The summed E-state index contributed by atoms with van der Waals surface area (Å²) in [6, 6.07) is 13.1. The molecule has 252 valence electrons. The Kier molecular flexibility index (Phi) is 10.7. The van der Waals surface area contributed by atoms with Crippen molar-refractivity contribution in [3.05, 3.63) is 99.8 Å². The lowest BCUT2D eigenvalue weighted by Crippen LogP contribution is -2.28. The standard InChI is InChI=1S/C36H43ClN2O6S2/c1-4-5-21-38-29(24-28-11-6-7-14-32(28)38)17-15-26-12-10-13-27(35(26)37)16-20-34-36(2,3)31-25-30(47(43,44)45)18-19-33(31)39(34)22-8-9-23-46(40,41)42/h6-7,11,14-20,25H,4-5,8-10,12-13,21-24H2,1-3H3,(H-,40,41,42,43,44,45)/p+1. The number of allylic oxidation sites excluding steroid dienone is 8. The Balaban J connectivity index is 1.46. The zero-order valence-corrected chi connectivity index (χ0v) is 29.6. The Morgan fingerprint density at radius 1 is 0.979 bits per heavy atom. The van der Waals surface area contributed by atoms with Gasteiger partial charge in [-0.25, -0.2) is 0 Å². The summed E-state index contributed by atoms with van der Waals surface area (Å²) in [5, 5.41) is 0.738. The third kappa shape index (κ3) is 8.00. The lowest BCUT2D eigenvalue weighted by atomic mass is 9.81. The second-order valence-corrected chi connectivity index (χ2v) is 16.4. The summed E-state index contributed by atoms with van der Waals surface area (Å²) < 4.78 is 67.6. The van der Waals surface area contributed by atoms with Gasteiger partial charge in [-0.15, -0.1) is 0 Å². The van der Waals surface area contributed by atoms with Crippen LogP contribution in [-0.2, 0) is 32.1 Å². The van der Waals surface area contributed by atoms with Crippen molar-refractivity contribution in [3.63, 3.8) is 0 Å². The van der Waals surface area contributed by atoms with Crippen LogP contribution in [0.3, 0.4) is 0 Å². The van der Waals surface area contributed by atoms with E-state index in [0.717, 1.165) is 78.2 Å². The van der Waals surface area contributed by atoms with Crippen LogP contribution in [0.5, 0.6) is 0 Å². The van der Waals surface area contributed by atoms with Crippen LogP contribution < -0.4 is 4.90 Å². The van der Waals surface area contributed by atoms with E-state index in [1.807, 2.05) is 26.0 Å². The van der Waals surface area contributed by atoms with Crippen molar-refractivity contribution in [1.29, 1.82) is 0 Å². The molecule has 0 unspecified atom stereocenters. The molecule has 0 atom stereocenters. The fourth-order valence-electron chi connectivity index (χ4n) is 6.79. The Hall–Kier alpha value is -3.02. The monoisotopic (exact) mass is 699 g/mol. The maximum atomic E-state index is 12.0. The van der Waals surface area contributed by atoms with Crippen molar-refractivity contribution >= 4 is 48.9 Å². The molecule has 8 nitrogen and oxygen atoms in total. The lowest BCUT2D eigenvalue weighted by Gasteiger charge is -2.21. The van der Waals surface area contributed by atoms with Crippen molar-refractivity contribution in [2.45, 2.75) is 82.4 Å². The average molecular weight is 700 g/mol. The van der Waals surface area contributed by atoms with E-state index in [1.165, 1.54) is 29.1 Å². The molecule has 2 heterocycles. The fraction of sp³-hybridized carbons (Fsp3) is 0.417. The number of halogens is 1.